The van der Waals surface area contributed by atoms with Crippen molar-refractivity contribution in [3.8, 4) is 0 Å². The zero-order valence-corrected chi connectivity index (χ0v) is 13.3. The number of hydrogen-bond acceptors (Lipinski definition) is 4. The van der Waals surface area contributed by atoms with Gasteiger partial charge in [-0.2, -0.15) is 0 Å². The largest absolute Gasteiger partial charge is 0.344 e. The minimum Gasteiger partial charge on any atom is -0.313 e. The van der Waals surface area contributed by atoms with Crippen LogP contribution in [-0.2, 0) is 6.54 Å². The van der Waals surface area contributed by atoms with E-state index in [9.17, 15) is 4.79 Å². The lowest BCUT2D eigenvalue weighted by molar-refractivity contribution is 0.642. The minimum absolute atomic E-state index is 0.123. The zero-order chi connectivity index (χ0) is 14.8. The maximum atomic E-state index is 11.8. The molecule has 3 rings (SSSR count). The summed E-state index contributed by atoms with van der Waals surface area (Å²) < 4.78 is 1.76. The molecule has 2 aromatic rings. The van der Waals surface area contributed by atoms with Crippen LogP contribution in [0.25, 0.3) is 0 Å². The van der Waals surface area contributed by atoms with Gasteiger partial charge in [0, 0.05) is 22.5 Å². The van der Waals surface area contributed by atoms with Crippen LogP contribution in [0, 0.1) is 0 Å². The molecule has 0 bridgehead atoms. The topological polar surface area (TPSA) is 62.7 Å². The Morgan fingerprint density at radius 1 is 1.52 bits per heavy atom. The first kappa shape index (κ1) is 14.7. The van der Waals surface area contributed by atoms with Crippen molar-refractivity contribution in [3.63, 3.8) is 0 Å². The number of hydrogen-bond donors (Lipinski definition) is 2. The lowest BCUT2D eigenvalue weighted by Gasteiger charge is -2.10. The molecule has 7 heteroatoms. The first-order chi connectivity index (χ1) is 10.2. The van der Waals surface area contributed by atoms with E-state index in [1.165, 1.54) is 11.8 Å². The zero-order valence-electron chi connectivity index (χ0n) is 11.7. The average molecular weight is 325 g/mol. The summed E-state index contributed by atoms with van der Waals surface area (Å²) in [5.74, 6) is 0. The molecule has 0 saturated heterocycles. The van der Waals surface area contributed by atoms with E-state index in [1.807, 2.05) is 18.2 Å². The van der Waals surface area contributed by atoms with Gasteiger partial charge in [0.05, 0.1) is 0 Å². The van der Waals surface area contributed by atoms with E-state index in [4.69, 9.17) is 11.6 Å². The van der Waals surface area contributed by atoms with Crippen molar-refractivity contribution < 1.29 is 0 Å². The third-order valence-electron chi connectivity index (χ3n) is 3.37. The highest BCUT2D eigenvalue weighted by Gasteiger charge is 2.28. The van der Waals surface area contributed by atoms with Crippen molar-refractivity contribution in [1.82, 2.24) is 20.1 Å². The highest BCUT2D eigenvalue weighted by atomic mass is 35.5. The van der Waals surface area contributed by atoms with E-state index in [1.54, 1.807) is 4.57 Å². The molecule has 1 saturated carbocycles. The SMILES string of the molecule is CCNCc1cc(Cl)ccc1Sc1n[nH]c(=O)n1C1CC1. The second-order valence-electron chi connectivity index (χ2n) is 5.05. The third kappa shape index (κ3) is 3.33. The van der Waals surface area contributed by atoms with Crippen molar-refractivity contribution in [1.29, 1.82) is 0 Å². The summed E-state index contributed by atoms with van der Waals surface area (Å²) in [5, 5.41) is 11.4. The molecule has 1 aliphatic carbocycles. The maximum Gasteiger partial charge on any atom is 0.344 e. The lowest BCUT2D eigenvalue weighted by atomic mass is 10.2. The first-order valence-corrected chi connectivity index (χ1v) is 8.22. The molecule has 1 aromatic heterocycles. The summed E-state index contributed by atoms with van der Waals surface area (Å²) in [5.41, 5.74) is 0.995. The van der Waals surface area contributed by atoms with Gasteiger partial charge in [0.2, 0.25) is 0 Å². The molecule has 0 aliphatic heterocycles. The van der Waals surface area contributed by atoms with Crippen molar-refractivity contribution in [2.45, 2.75) is 42.4 Å². The molecule has 1 heterocycles. The number of benzene rings is 1. The van der Waals surface area contributed by atoms with Gasteiger partial charge in [-0.1, -0.05) is 18.5 Å². The van der Waals surface area contributed by atoms with Gasteiger partial charge in [-0.25, -0.2) is 9.89 Å². The van der Waals surface area contributed by atoms with Crippen LogP contribution in [0.15, 0.2) is 33.0 Å². The lowest BCUT2D eigenvalue weighted by Crippen LogP contribution is -2.16. The van der Waals surface area contributed by atoms with E-state index in [0.717, 1.165) is 41.5 Å². The number of halogens is 1. The van der Waals surface area contributed by atoms with Crippen molar-refractivity contribution in [2.24, 2.45) is 0 Å². The van der Waals surface area contributed by atoms with Gasteiger partial charge in [0.1, 0.15) is 0 Å². The average Bonchev–Trinajstić information content (AvgIpc) is 3.24. The third-order valence-corrected chi connectivity index (χ3v) is 4.70. The Kier molecular flexibility index (Phi) is 4.37. The number of rotatable bonds is 6. The number of H-pyrrole nitrogens is 1. The van der Waals surface area contributed by atoms with Gasteiger partial charge in [-0.05, 0) is 54.9 Å². The second kappa shape index (κ2) is 6.25. The molecule has 1 aliphatic rings. The Balaban J connectivity index is 1.89. The number of aromatic amines is 1. The van der Waals surface area contributed by atoms with Gasteiger partial charge in [-0.3, -0.25) is 4.57 Å². The molecule has 2 N–H and O–H groups in total. The van der Waals surface area contributed by atoms with Crippen LogP contribution in [0.2, 0.25) is 5.02 Å². The molecule has 1 aromatic carbocycles. The standard InChI is InChI=1S/C14H17ClN4OS/c1-2-16-8-9-7-10(15)3-6-12(9)21-14-18-17-13(20)19(14)11-4-5-11/h3,6-7,11,16H,2,4-5,8H2,1H3,(H,17,20). The Labute approximate surface area is 132 Å². The summed E-state index contributed by atoms with van der Waals surface area (Å²) in [6, 6.07) is 6.11. The van der Waals surface area contributed by atoms with E-state index < -0.39 is 0 Å². The van der Waals surface area contributed by atoms with E-state index in [-0.39, 0.29) is 5.69 Å². The van der Waals surface area contributed by atoms with Crippen LogP contribution >= 0.6 is 23.4 Å². The molecule has 0 amide bonds. The molecule has 5 nitrogen and oxygen atoms in total. The Morgan fingerprint density at radius 3 is 3.05 bits per heavy atom. The normalized spacial score (nSPS) is 14.6. The fraction of sp³-hybridized carbons (Fsp3) is 0.429. The van der Waals surface area contributed by atoms with Gasteiger partial charge >= 0.3 is 5.69 Å². The summed E-state index contributed by atoms with van der Waals surface area (Å²) in [7, 11) is 0. The molecule has 0 atom stereocenters. The molecule has 0 spiro atoms. The number of aromatic nitrogens is 3. The van der Waals surface area contributed by atoms with Gasteiger partial charge < -0.3 is 5.32 Å². The van der Waals surface area contributed by atoms with Crippen molar-refractivity contribution >= 4 is 23.4 Å². The molecule has 0 radical (unpaired) electrons. The Bertz CT molecular complexity index is 693. The number of nitrogens with one attached hydrogen (secondary N) is 2. The van der Waals surface area contributed by atoms with Crippen LogP contribution in [0.1, 0.15) is 31.4 Å². The summed E-state index contributed by atoms with van der Waals surface area (Å²) in [6.07, 6.45) is 2.11. The number of nitrogens with zero attached hydrogens (tertiary/aromatic N) is 2. The van der Waals surface area contributed by atoms with E-state index in [2.05, 4.69) is 22.4 Å². The molecular formula is C14H17ClN4OS. The molecule has 1 fully saturated rings. The molecule has 0 unspecified atom stereocenters. The second-order valence-corrected chi connectivity index (χ2v) is 6.49. The van der Waals surface area contributed by atoms with Crippen molar-refractivity contribution in [3.05, 3.63) is 39.3 Å². The monoisotopic (exact) mass is 324 g/mol. The summed E-state index contributed by atoms with van der Waals surface area (Å²) in [6.45, 7) is 3.71. The first-order valence-electron chi connectivity index (χ1n) is 7.03. The molecule has 21 heavy (non-hydrogen) atoms. The maximum absolute atomic E-state index is 11.8. The van der Waals surface area contributed by atoms with E-state index in [0.29, 0.717) is 11.1 Å². The summed E-state index contributed by atoms with van der Waals surface area (Å²) >= 11 is 7.59. The predicted molar refractivity (Wildman–Crippen MR) is 84.1 cm³/mol. The van der Waals surface area contributed by atoms with Crippen molar-refractivity contribution in [2.75, 3.05) is 6.54 Å². The van der Waals surface area contributed by atoms with Gasteiger partial charge in [0.25, 0.3) is 0 Å². The quantitative estimate of drug-likeness (QED) is 0.857. The van der Waals surface area contributed by atoms with Crippen LogP contribution in [0.5, 0.6) is 0 Å². The fourth-order valence-electron chi connectivity index (χ4n) is 2.16. The highest BCUT2D eigenvalue weighted by molar-refractivity contribution is 7.99. The van der Waals surface area contributed by atoms with Crippen LogP contribution in [0.3, 0.4) is 0 Å². The van der Waals surface area contributed by atoms with Gasteiger partial charge in [-0.15, -0.1) is 5.10 Å². The van der Waals surface area contributed by atoms with Crippen LogP contribution in [0.4, 0.5) is 0 Å². The van der Waals surface area contributed by atoms with E-state index >= 15 is 0 Å². The minimum atomic E-state index is -0.123. The Hall–Kier alpha value is -1.24. The summed E-state index contributed by atoms with van der Waals surface area (Å²) in [4.78, 5) is 12.9. The molecule has 112 valence electrons. The molecular weight excluding hydrogens is 308 g/mol. The van der Waals surface area contributed by atoms with Crippen LogP contribution < -0.4 is 11.0 Å². The smallest absolute Gasteiger partial charge is 0.313 e. The fourth-order valence-corrected chi connectivity index (χ4v) is 3.37. The van der Waals surface area contributed by atoms with Crippen LogP contribution in [-0.4, -0.2) is 21.3 Å². The highest BCUT2D eigenvalue weighted by Crippen LogP contribution is 2.38. The Morgan fingerprint density at radius 2 is 2.33 bits per heavy atom. The van der Waals surface area contributed by atoms with Gasteiger partial charge in [0.15, 0.2) is 5.16 Å². The predicted octanol–water partition coefficient (Wildman–Crippen LogP) is 2.82.